The van der Waals surface area contributed by atoms with Gasteiger partial charge in [-0.15, -0.1) is 11.3 Å². The standard InChI is InChI=1S/C12H6ClNOS/c13-7-1-2-8-11(5-7)16-10-3-4-14-6-9(10)12(8)15/h1-6H. The molecular weight excluding hydrogens is 242 g/mol. The summed E-state index contributed by atoms with van der Waals surface area (Å²) >= 11 is 7.47. The first-order chi connectivity index (χ1) is 7.75. The third-order valence-corrected chi connectivity index (χ3v) is 3.80. The summed E-state index contributed by atoms with van der Waals surface area (Å²) in [6.45, 7) is 0. The molecule has 0 amide bonds. The summed E-state index contributed by atoms with van der Waals surface area (Å²) < 4.78 is 1.85. The van der Waals surface area contributed by atoms with Crippen molar-refractivity contribution in [2.45, 2.75) is 0 Å². The molecule has 2 heterocycles. The highest BCUT2D eigenvalue weighted by atomic mass is 35.5. The number of rotatable bonds is 0. The molecule has 3 rings (SSSR count). The zero-order valence-corrected chi connectivity index (χ0v) is 9.68. The van der Waals surface area contributed by atoms with E-state index >= 15 is 0 Å². The number of fused-ring (bicyclic) bond motifs is 2. The molecule has 2 aromatic heterocycles. The van der Waals surface area contributed by atoms with Gasteiger partial charge in [0.05, 0.1) is 5.39 Å². The number of pyridine rings is 1. The minimum Gasteiger partial charge on any atom is -0.288 e. The summed E-state index contributed by atoms with van der Waals surface area (Å²) in [5, 5.41) is 2.02. The molecule has 0 radical (unpaired) electrons. The van der Waals surface area contributed by atoms with E-state index in [-0.39, 0.29) is 5.43 Å². The first-order valence-corrected chi connectivity index (χ1v) is 5.91. The molecule has 0 saturated heterocycles. The SMILES string of the molecule is O=c1c2ccc(Cl)cc2sc2ccncc12. The van der Waals surface area contributed by atoms with Crippen LogP contribution in [0.3, 0.4) is 0 Å². The highest BCUT2D eigenvalue weighted by molar-refractivity contribution is 7.24. The molecule has 16 heavy (non-hydrogen) atoms. The zero-order valence-electron chi connectivity index (χ0n) is 8.11. The monoisotopic (exact) mass is 247 g/mol. The Hall–Kier alpha value is -1.45. The van der Waals surface area contributed by atoms with Crippen molar-refractivity contribution in [2.24, 2.45) is 0 Å². The second-order valence-corrected chi connectivity index (χ2v) is 4.96. The number of halogens is 1. The van der Waals surface area contributed by atoms with Gasteiger partial charge in [-0.05, 0) is 24.3 Å². The summed E-state index contributed by atoms with van der Waals surface area (Å²) in [7, 11) is 0. The van der Waals surface area contributed by atoms with E-state index in [1.54, 1.807) is 35.9 Å². The lowest BCUT2D eigenvalue weighted by Crippen LogP contribution is -2.00. The largest absolute Gasteiger partial charge is 0.288 e. The number of hydrogen-bond acceptors (Lipinski definition) is 3. The summed E-state index contributed by atoms with van der Waals surface area (Å²) in [4.78, 5) is 16.1. The Morgan fingerprint density at radius 2 is 2.00 bits per heavy atom. The van der Waals surface area contributed by atoms with Crippen LogP contribution in [0.15, 0.2) is 41.5 Å². The fourth-order valence-corrected chi connectivity index (χ4v) is 2.99. The highest BCUT2D eigenvalue weighted by Crippen LogP contribution is 2.26. The highest BCUT2D eigenvalue weighted by Gasteiger charge is 2.05. The van der Waals surface area contributed by atoms with Crippen molar-refractivity contribution >= 4 is 43.1 Å². The first-order valence-electron chi connectivity index (χ1n) is 4.72. The molecular formula is C12H6ClNOS. The quantitative estimate of drug-likeness (QED) is 0.570. The molecule has 0 bridgehead atoms. The van der Waals surface area contributed by atoms with Gasteiger partial charge in [-0.2, -0.15) is 0 Å². The second-order valence-electron chi connectivity index (χ2n) is 3.44. The van der Waals surface area contributed by atoms with Gasteiger partial charge in [0.15, 0.2) is 5.43 Å². The second kappa shape index (κ2) is 3.54. The smallest absolute Gasteiger partial charge is 0.197 e. The Morgan fingerprint density at radius 1 is 1.12 bits per heavy atom. The van der Waals surface area contributed by atoms with Gasteiger partial charge in [0.1, 0.15) is 0 Å². The van der Waals surface area contributed by atoms with E-state index in [4.69, 9.17) is 11.6 Å². The number of nitrogens with zero attached hydrogens (tertiary/aromatic N) is 1. The number of aromatic nitrogens is 1. The van der Waals surface area contributed by atoms with Gasteiger partial charge in [-0.25, -0.2) is 0 Å². The molecule has 78 valence electrons. The van der Waals surface area contributed by atoms with Gasteiger partial charge in [0, 0.05) is 32.2 Å². The topological polar surface area (TPSA) is 30.0 Å². The van der Waals surface area contributed by atoms with Gasteiger partial charge in [-0.3, -0.25) is 9.78 Å². The molecule has 0 unspecified atom stereocenters. The molecule has 0 fully saturated rings. The molecule has 0 saturated carbocycles. The molecule has 0 aliphatic heterocycles. The lowest BCUT2D eigenvalue weighted by molar-refractivity contribution is 1.37. The van der Waals surface area contributed by atoms with E-state index in [9.17, 15) is 4.79 Å². The van der Waals surface area contributed by atoms with Crippen LogP contribution in [0.5, 0.6) is 0 Å². The van der Waals surface area contributed by atoms with E-state index in [0.29, 0.717) is 15.8 Å². The fourth-order valence-electron chi connectivity index (χ4n) is 1.67. The summed E-state index contributed by atoms with van der Waals surface area (Å²) in [6, 6.07) is 7.17. The summed E-state index contributed by atoms with van der Waals surface area (Å²) in [5.74, 6) is 0. The molecule has 4 heteroatoms. The molecule has 0 atom stereocenters. The van der Waals surface area contributed by atoms with Crippen LogP contribution in [0.1, 0.15) is 0 Å². The predicted octanol–water partition coefficient (Wildman–Crippen LogP) is 3.46. The van der Waals surface area contributed by atoms with Crippen LogP contribution in [-0.2, 0) is 0 Å². The predicted molar refractivity (Wildman–Crippen MR) is 68.4 cm³/mol. The normalized spacial score (nSPS) is 11.1. The first kappa shape index (κ1) is 9.75. The Bertz CT molecular complexity index is 751. The van der Waals surface area contributed by atoms with E-state index in [0.717, 1.165) is 9.40 Å². The Balaban J connectivity index is 2.61. The van der Waals surface area contributed by atoms with Crippen molar-refractivity contribution < 1.29 is 0 Å². The van der Waals surface area contributed by atoms with E-state index in [1.165, 1.54) is 0 Å². The van der Waals surface area contributed by atoms with Gasteiger partial charge in [0.2, 0.25) is 0 Å². The summed E-state index contributed by atoms with van der Waals surface area (Å²) in [5.41, 5.74) is 0.0218. The average Bonchev–Trinajstić information content (AvgIpc) is 2.29. The number of hydrogen-bond donors (Lipinski definition) is 0. The molecule has 0 aliphatic carbocycles. The van der Waals surface area contributed by atoms with E-state index in [2.05, 4.69) is 4.98 Å². The molecule has 0 N–H and O–H groups in total. The van der Waals surface area contributed by atoms with Crippen molar-refractivity contribution in [3.05, 3.63) is 51.9 Å². The Labute approximate surface area is 100 Å². The Morgan fingerprint density at radius 3 is 2.88 bits per heavy atom. The van der Waals surface area contributed by atoms with Crippen molar-refractivity contribution in [3.8, 4) is 0 Å². The Kier molecular flexibility index (Phi) is 2.16. The third kappa shape index (κ3) is 1.40. The van der Waals surface area contributed by atoms with Crippen LogP contribution < -0.4 is 5.43 Å². The van der Waals surface area contributed by atoms with Crippen molar-refractivity contribution in [1.29, 1.82) is 0 Å². The van der Waals surface area contributed by atoms with Crippen molar-refractivity contribution in [2.75, 3.05) is 0 Å². The van der Waals surface area contributed by atoms with Gasteiger partial charge in [-0.1, -0.05) is 11.6 Å². The van der Waals surface area contributed by atoms with Crippen LogP contribution in [0.4, 0.5) is 0 Å². The van der Waals surface area contributed by atoms with Crippen molar-refractivity contribution in [3.63, 3.8) is 0 Å². The minimum absolute atomic E-state index is 0.0218. The molecule has 0 spiro atoms. The molecule has 2 nitrogen and oxygen atoms in total. The molecule has 0 aliphatic rings. The van der Waals surface area contributed by atoms with Crippen LogP contribution in [-0.4, -0.2) is 4.98 Å². The molecule has 1 aromatic carbocycles. The van der Waals surface area contributed by atoms with E-state index in [1.807, 2.05) is 12.1 Å². The van der Waals surface area contributed by atoms with Crippen LogP contribution in [0.25, 0.3) is 20.2 Å². The zero-order chi connectivity index (χ0) is 11.1. The third-order valence-electron chi connectivity index (χ3n) is 2.43. The fraction of sp³-hybridized carbons (Fsp3) is 0. The van der Waals surface area contributed by atoms with Crippen LogP contribution >= 0.6 is 22.9 Å². The lowest BCUT2D eigenvalue weighted by Gasteiger charge is -2.00. The number of benzene rings is 1. The van der Waals surface area contributed by atoms with Crippen LogP contribution in [0.2, 0.25) is 5.02 Å². The van der Waals surface area contributed by atoms with Crippen molar-refractivity contribution in [1.82, 2.24) is 4.98 Å². The lowest BCUT2D eigenvalue weighted by atomic mass is 10.2. The van der Waals surface area contributed by atoms with Gasteiger partial charge >= 0.3 is 0 Å². The maximum Gasteiger partial charge on any atom is 0.197 e. The van der Waals surface area contributed by atoms with Crippen LogP contribution in [0, 0.1) is 0 Å². The maximum absolute atomic E-state index is 12.1. The maximum atomic E-state index is 12.1. The molecule has 3 aromatic rings. The van der Waals surface area contributed by atoms with E-state index < -0.39 is 0 Å². The minimum atomic E-state index is 0.0218. The van der Waals surface area contributed by atoms with Gasteiger partial charge < -0.3 is 0 Å². The summed E-state index contributed by atoms with van der Waals surface area (Å²) in [6.07, 6.45) is 3.30. The average molecular weight is 248 g/mol. The van der Waals surface area contributed by atoms with Gasteiger partial charge in [0.25, 0.3) is 0 Å².